The summed E-state index contributed by atoms with van der Waals surface area (Å²) < 4.78 is 0. The SMILES string of the molecule is CN(C)CCCN1CCC(N2CCC(NN(CCO)CCO)CC2)CC1. The maximum Gasteiger partial charge on any atom is 0.0572 e. The van der Waals surface area contributed by atoms with Gasteiger partial charge in [0.1, 0.15) is 0 Å². The van der Waals surface area contributed by atoms with Gasteiger partial charge in [0, 0.05) is 25.2 Å². The van der Waals surface area contributed by atoms with E-state index in [0.29, 0.717) is 19.1 Å². The monoisotopic (exact) mass is 371 g/mol. The van der Waals surface area contributed by atoms with Crippen molar-refractivity contribution in [3.8, 4) is 0 Å². The highest BCUT2D eigenvalue weighted by Crippen LogP contribution is 2.21. The summed E-state index contributed by atoms with van der Waals surface area (Å²) in [4.78, 5) is 7.60. The summed E-state index contributed by atoms with van der Waals surface area (Å²) in [6.07, 6.45) is 6.18. The molecule has 0 amide bonds. The van der Waals surface area contributed by atoms with E-state index in [1.165, 1.54) is 45.4 Å². The van der Waals surface area contributed by atoms with Crippen LogP contribution in [-0.4, -0.2) is 122 Å². The zero-order valence-corrected chi connectivity index (χ0v) is 16.9. The number of aliphatic hydroxyl groups excluding tert-OH is 2. The highest BCUT2D eigenvalue weighted by atomic mass is 16.3. The lowest BCUT2D eigenvalue weighted by Gasteiger charge is -2.42. The molecule has 0 spiro atoms. The van der Waals surface area contributed by atoms with Gasteiger partial charge in [0.15, 0.2) is 0 Å². The van der Waals surface area contributed by atoms with Crippen LogP contribution in [-0.2, 0) is 0 Å². The van der Waals surface area contributed by atoms with Gasteiger partial charge in [-0.3, -0.25) is 5.43 Å². The predicted molar refractivity (Wildman–Crippen MR) is 106 cm³/mol. The molecule has 0 aliphatic carbocycles. The minimum Gasteiger partial charge on any atom is -0.395 e. The van der Waals surface area contributed by atoms with Crippen molar-refractivity contribution in [3.63, 3.8) is 0 Å². The number of hydrazine groups is 1. The zero-order valence-electron chi connectivity index (χ0n) is 16.9. The number of nitrogens with zero attached hydrogens (tertiary/aromatic N) is 4. The highest BCUT2D eigenvalue weighted by Gasteiger charge is 2.28. The molecule has 26 heavy (non-hydrogen) atoms. The molecule has 2 rings (SSSR count). The van der Waals surface area contributed by atoms with Crippen molar-refractivity contribution in [1.29, 1.82) is 0 Å². The number of aliphatic hydroxyl groups is 2. The number of rotatable bonds is 11. The fraction of sp³-hybridized carbons (Fsp3) is 1.00. The highest BCUT2D eigenvalue weighted by molar-refractivity contribution is 4.85. The topological polar surface area (TPSA) is 65.5 Å². The third-order valence-electron chi connectivity index (χ3n) is 5.79. The van der Waals surface area contributed by atoms with Crippen LogP contribution in [0.25, 0.3) is 0 Å². The molecule has 2 aliphatic heterocycles. The van der Waals surface area contributed by atoms with Crippen molar-refractivity contribution in [3.05, 3.63) is 0 Å². The van der Waals surface area contributed by atoms with Crippen LogP contribution in [0.2, 0.25) is 0 Å². The van der Waals surface area contributed by atoms with Crippen molar-refractivity contribution in [2.75, 3.05) is 79.7 Å². The first-order valence-electron chi connectivity index (χ1n) is 10.5. The van der Waals surface area contributed by atoms with E-state index < -0.39 is 0 Å². The van der Waals surface area contributed by atoms with Crippen molar-refractivity contribution in [2.24, 2.45) is 0 Å². The van der Waals surface area contributed by atoms with E-state index in [-0.39, 0.29) is 13.2 Å². The first-order valence-corrected chi connectivity index (χ1v) is 10.5. The molecule has 0 unspecified atom stereocenters. The smallest absolute Gasteiger partial charge is 0.0572 e. The molecule has 7 heteroatoms. The Balaban J connectivity index is 1.62. The van der Waals surface area contributed by atoms with Gasteiger partial charge in [0.25, 0.3) is 0 Å². The molecule has 0 saturated carbocycles. The second-order valence-corrected chi connectivity index (χ2v) is 8.10. The third-order valence-corrected chi connectivity index (χ3v) is 5.79. The summed E-state index contributed by atoms with van der Waals surface area (Å²) in [5.41, 5.74) is 3.50. The molecule has 2 heterocycles. The molecule has 0 aromatic heterocycles. The van der Waals surface area contributed by atoms with E-state index in [1.807, 2.05) is 5.01 Å². The quantitative estimate of drug-likeness (QED) is 0.429. The normalized spacial score (nSPS) is 21.9. The van der Waals surface area contributed by atoms with Crippen LogP contribution in [0.4, 0.5) is 0 Å². The Labute approximate surface area is 159 Å². The van der Waals surface area contributed by atoms with E-state index in [2.05, 4.69) is 34.2 Å². The van der Waals surface area contributed by atoms with Crippen molar-refractivity contribution in [2.45, 2.75) is 44.2 Å². The van der Waals surface area contributed by atoms with Gasteiger partial charge in [0.05, 0.1) is 13.2 Å². The molecule has 0 atom stereocenters. The summed E-state index contributed by atoms with van der Waals surface area (Å²) >= 11 is 0. The number of hydrogen-bond acceptors (Lipinski definition) is 7. The molecular weight excluding hydrogens is 330 g/mol. The van der Waals surface area contributed by atoms with Crippen LogP contribution in [0.1, 0.15) is 32.1 Å². The molecule has 0 aromatic carbocycles. The molecule has 3 N–H and O–H groups in total. The van der Waals surface area contributed by atoms with E-state index in [0.717, 1.165) is 32.0 Å². The van der Waals surface area contributed by atoms with Crippen molar-refractivity contribution >= 4 is 0 Å². The maximum absolute atomic E-state index is 9.13. The number of hydrogen-bond donors (Lipinski definition) is 3. The van der Waals surface area contributed by atoms with Crippen LogP contribution in [0, 0.1) is 0 Å². The van der Waals surface area contributed by atoms with Gasteiger partial charge in [0.2, 0.25) is 0 Å². The molecule has 0 aromatic rings. The molecule has 154 valence electrons. The fourth-order valence-electron chi connectivity index (χ4n) is 4.25. The largest absolute Gasteiger partial charge is 0.395 e. The standard InChI is InChI=1S/C19H41N5O2/c1-21(2)8-3-9-22-10-6-19(7-11-22)23-12-4-18(5-13-23)20-24(14-16-25)15-17-26/h18-20,25-26H,3-17H2,1-2H3. The second kappa shape index (κ2) is 12.2. The Morgan fingerprint density at radius 1 is 0.885 bits per heavy atom. The molecule has 2 saturated heterocycles. The lowest BCUT2D eigenvalue weighted by Crippen LogP contribution is -2.54. The lowest BCUT2D eigenvalue weighted by atomic mass is 9.98. The number of piperidine rings is 2. The van der Waals surface area contributed by atoms with E-state index in [9.17, 15) is 0 Å². The average molecular weight is 372 g/mol. The molecule has 2 aliphatic rings. The molecular formula is C19H41N5O2. The summed E-state index contributed by atoms with van der Waals surface area (Å²) in [5.74, 6) is 0. The lowest BCUT2D eigenvalue weighted by molar-refractivity contribution is 0.0505. The first-order chi connectivity index (χ1) is 12.6. The average Bonchev–Trinajstić information content (AvgIpc) is 2.63. The minimum absolute atomic E-state index is 0.124. The summed E-state index contributed by atoms with van der Waals surface area (Å²) in [6, 6.07) is 1.22. The first kappa shape index (κ1) is 22.0. The Hall–Kier alpha value is -0.280. The number of nitrogens with one attached hydrogen (secondary N) is 1. The summed E-state index contributed by atoms with van der Waals surface area (Å²) in [6.45, 7) is 8.64. The van der Waals surface area contributed by atoms with Crippen LogP contribution in [0.5, 0.6) is 0 Å². The number of likely N-dealkylation sites (tertiary alicyclic amines) is 2. The predicted octanol–water partition coefficient (Wildman–Crippen LogP) is -0.342. The Morgan fingerprint density at radius 3 is 2.04 bits per heavy atom. The van der Waals surface area contributed by atoms with Crippen LogP contribution >= 0.6 is 0 Å². The minimum atomic E-state index is 0.124. The molecule has 0 radical (unpaired) electrons. The van der Waals surface area contributed by atoms with E-state index >= 15 is 0 Å². The Kier molecular flexibility index (Phi) is 10.4. The van der Waals surface area contributed by atoms with Crippen molar-refractivity contribution in [1.82, 2.24) is 25.1 Å². The van der Waals surface area contributed by atoms with Gasteiger partial charge in [-0.15, -0.1) is 0 Å². The second-order valence-electron chi connectivity index (χ2n) is 8.10. The van der Waals surface area contributed by atoms with E-state index in [1.54, 1.807) is 0 Å². The van der Waals surface area contributed by atoms with E-state index in [4.69, 9.17) is 10.2 Å². The van der Waals surface area contributed by atoms with Gasteiger partial charge in [-0.25, -0.2) is 5.01 Å². The van der Waals surface area contributed by atoms with Gasteiger partial charge in [-0.1, -0.05) is 0 Å². The Morgan fingerprint density at radius 2 is 1.50 bits per heavy atom. The zero-order chi connectivity index (χ0) is 18.8. The third kappa shape index (κ3) is 7.76. The molecule has 0 bridgehead atoms. The van der Waals surface area contributed by atoms with Gasteiger partial charge in [-0.2, -0.15) is 0 Å². The van der Waals surface area contributed by atoms with Gasteiger partial charge >= 0.3 is 0 Å². The van der Waals surface area contributed by atoms with Crippen LogP contribution in [0.15, 0.2) is 0 Å². The molecule has 7 nitrogen and oxygen atoms in total. The van der Waals surface area contributed by atoms with Crippen LogP contribution < -0.4 is 5.43 Å². The summed E-state index contributed by atoms with van der Waals surface area (Å²) in [7, 11) is 4.30. The summed E-state index contributed by atoms with van der Waals surface area (Å²) in [5, 5.41) is 20.2. The Bertz CT molecular complexity index is 350. The van der Waals surface area contributed by atoms with Crippen LogP contribution in [0.3, 0.4) is 0 Å². The molecule has 2 fully saturated rings. The van der Waals surface area contributed by atoms with Gasteiger partial charge in [-0.05, 0) is 85.5 Å². The van der Waals surface area contributed by atoms with Crippen molar-refractivity contribution < 1.29 is 10.2 Å². The maximum atomic E-state index is 9.13. The fourth-order valence-corrected chi connectivity index (χ4v) is 4.25. The van der Waals surface area contributed by atoms with Gasteiger partial charge < -0.3 is 24.9 Å².